The fraction of sp³-hybridized carbons (Fsp3) is 0.167. The van der Waals surface area contributed by atoms with Gasteiger partial charge in [0.2, 0.25) is 0 Å². The molecule has 8 nitrogen and oxygen atoms in total. The number of rotatable bonds is 7. The Balaban J connectivity index is 1.86. The summed E-state index contributed by atoms with van der Waals surface area (Å²) in [5.74, 6) is -0.692. The van der Waals surface area contributed by atoms with Crippen LogP contribution in [0.1, 0.15) is 34.7 Å². The van der Waals surface area contributed by atoms with Crippen molar-refractivity contribution in [2.45, 2.75) is 13.8 Å². The molecule has 4 aromatic rings. The van der Waals surface area contributed by atoms with E-state index in [1.54, 1.807) is 60.8 Å². The van der Waals surface area contributed by atoms with Gasteiger partial charge < -0.3 is 14.8 Å². The number of fused-ring (bicyclic) bond motifs is 1. The molecule has 0 atom stereocenters. The second kappa shape index (κ2) is 10.1. The van der Waals surface area contributed by atoms with Crippen LogP contribution < -0.4 is 15.6 Å². The molecule has 0 bridgehead atoms. The summed E-state index contributed by atoms with van der Waals surface area (Å²) in [6.45, 7) is 4.04. The maximum atomic E-state index is 13.5. The summed E-state index contributed by atoms with van der Waals surface area (Å²) in [6, 6.07) is 13.3. The van der Waals surface area contributed by atoms with Crippen LogP contribution in [-0.4, -0.2) is 34.9 Å². The van der Waals surface area contributed by atoms with Crippen molar-refractivity contribution in [3.63, 3.8) is 0 Å². The molecular weight excluding hydrogens is 478 g/mol. The lowest BCUT2D eigenvalue weighted by Crippen LogP contribution is -2.25. The van der Waals surface area contributed by atoms with Crippen molar-refractivity contribution in [3.05, 3.63) is 80.5 Å². The number of anilines is 1. The third kappa shape index (κ3) is 4.52. The minimum atomic E-state index is -0.674. The Bertz CT molecular complexity index is 1430. The number of carbonyl (C=O) groups excluding carboxylic acids is 2. The molecule has 0 aliphatic carbocycles. The van der Waals surface area contributed by atoms with Crippen LogP contribution in [0.5, 0.6) is 5.75 Å². The van der Waals surface area contributed by atoms with Crippen molar-refractivity contribution in [3.8, 4) is 11.4 Å². The fourth-order valence-corrected chi connectivity index (χ4v) is 4.41. The number of benzene rings is 2. The van der Waals surface area contributed by atoms with E-state index in [1.165, 1.54) is 0 Å². The van der Waals surface area contributed by atoms with Crippen molar-refractivity contribution < 1.29 is 19.1 Å². The van der Waals surface area contributed by atoms with Crippen LogP contribution in [-0.2, 0) is 4.74 Å². The van der Waals surface area contributed by atoms with Gasteiger partial charge in [0.05, 0.1) is 29.9 Å². The first-order chi connectivity index (χ1) is 16.4. The lowest BCUT2D eigenvalue weighted by molar-refractivity contribution is 0.0520. The summed E-state index contributed by atoms with van der Waals surface area (Å²) in [7, 11) is 0. The number of hydrogen-bond donors (Lipinski definition) is 1. The smallest absolute Gasteiger partial charge is 0.359 e. The molecule has 0 fully saturated rings. The van der Waals surface area contributed by atoms with Crippen molar-refractivity contribution in [2.24, 2.45) is 0 Å². The van der Waals surface area contributed by atoms with Crippen molar-refractivity contribution in [1.82, 2.24) is 9.78 Å². The van der Waals surface area contributed by atoms with Crippen LogP contribution >= 0.6 is 22.9 Å². The number of thiophene rings is 1. The third-order valence-electron chi connectivity index (χ3n) is 4.85. The molecule has 1 amide bonds. The molecule has 174 valence electrons. The number of nitrogens with zero attached hydrogens (tertiary/aromatic N) is 2. The lowest BCUT2D eigenvalue weighted by atomic mass is 10.2. The summed E-state index contributed by atoms with van der Waals surface area (Å²) >= 11 is 7.10. The number of aromatic nitrogens is 2. The molecular formula is C24H20ClN3O5S. The van der Waals surface area contributed by atoms with Crippen LogP contribution in [0.25, 0.3) is 16.5 Å². The first kappa shape index (κ1) is 23.5. The Morgan fingerprint density at radius 1 is 1.09 bits per heavy atom. The van der Waals surface area contributed by atoms with E-state index in [0.717, 1.165) is 16.0 Å². The topological polar surface area (TPSA) is 99.5 Å². The largest absolute Gasteiger partial charge is 0.493 e. The van der Waals surface area contributed by atoms with E-state index in [4.69, 9.17) is 21.1 Å². The Kier molecular flexibility index (Phi) is 6.95. The zero-order valence-corrected chi connectivity index (χ0v) is 19.9. The minimum Gasteiger partial charge on any atom is -0.493 e. The molecule has 0 unspecified atom stereocenters. The zero-order valence-electron chi connectivity index (χ0n) is 18.3. The molecule has 1 N–H and O–H groups in total. The highest BCUT2D eigenvalue weighted by Gasteiger charge is 2.24. The molecule has 34 heavy (non-hydrogen) atoms. The molecule has 0 aliphatic heterocycles. The van der Waals surface area contributed by atoms with Gasteiger partial charge in [0.1, 0.15) is 10.8 Å². The Labute approximate surface area is 203 Å². The van der Waals surface area contributed by atoms with Gasteiger partial charge >= 0.3 is 5.97 Å². The van der Waals surface area contributed by atoms with Gasteiger partial charge in [-0.1, -0.05) is 23.7 Å². The minimum absolute atomic E-state index is 0.0298. The average Bonchev–Trinajstić information content (AvgIpc) is 3.25. The molecule has 4 rings (SSSR count). The number of ether oxygens (including phenoxy) is 2. The monoisotopic (exact) mass is 497 g/mol. The van der Waals surface area contributed by atoms with Gasteiger partial charge in [0.15, 0.2) is 5.69 Å². The highest BCUT2D eigenvalue weighted by molar-refractivity contribution is 7.16. The van der Waals surface area contributed by atoms with E-state index in [2.05, 4.69) is 10.4 Å². The van der Waals surface area contributed by atoms with E-state index in [0.29, 0.717) is 34.0 Å². The van der Waals surface area contributed by atoms with Crippen molar-refractivity contribution in [1.29, 1.82) is 0 Å². The molecule has 2 heterocycles. The average molecular weight is 498 g/mol. The maximum Gasteiger partial charge on any atom is 0.359 e. The predicted molar refractivity (Wildman–Crippen MR) is 132 cm³/mol. The molecule has 0 saturated carbocycles. The lowest BCUT2D eigenvalue weighted by Gasteiger charge is -2.11. The first-order valence-electron chi connectivity index (χ1n) is 10.4. The molecule has 2 aromatic heterocycles. The van der Waals surface area contributed by atoms with E-state index in [1.807, 2.05) is 6.92 Å². The Hall–Kier alpha value is -3.69. The number of amides is 1. The number of esters is 1. The Morgan fingerprint density at radius 2 is 1.82 bits per heavy atom. The van der Waals surface area contributed by atoms with Crippen LogP contribution in [0.3, 0.4) is 0 Å². The van der Waals surface area contributed by atoms with E-state index < -0.39 is 17.4 Å². The highest BCUT2D eigenvalue weighted by atomic mass is 35.5. The summed E-state index contributed by atoms with van der Waals surface area (Å²) in [5.41, 5.74) is 0.202. The molecule has 0 spiro atoms. The van der Waals surface area contributed by atoms with E-state index in [-0.39, 0.29) is 22.7 Å². The maximum absolute atomic E-state index is 13.5. The third-order valence-corrected chi connectivity index (χ3v) is 6.00. The van der Waals surface area contributed by atoms with Gasteiger partial charge in [-0.15, -0.1) is 11.3 Å². The van der Waals surface area contributed by atoms with Gasteiger partial charge in [-0.05, 0) is 50.2 Å². The number of hydrogen-bond acceptors (Lipinski definition) is 7. The number of para-hydroxylation sites is 1. The SMILES string of the molecule is CCOC(=O)c1nn(-c2ccc(Cl)cc2)c(=O)c2c(NC(=O)c3ccccc3OCC)scc12. The zero-order chi connectivity index (χ0) is 24.2. The summed E-state index contributed by atoms with van der Waals surface area (Å²) in [6.07, 6.45) is 0. The summed E-state index contributed by atoms with van der Waals surface area (Å²) < 4.78 is 11.8. The summed E-state index contributed by atoms with van der Waals surface area (Å²) in [4.78, 5) is 39.2. The van der Waals surface area contributed by atoms with Gasteiger partial charge in [-0.3, -0.25) is 9.59 Å². The van der Waals surface area contributed by atoms with Gasteiger partial charge in [-0.25, -0.2) is 4.79 Å². The standard InChI is InChI=1S/C24H20ClN3O5S/c1-3-32-18-8-6-5-7-16(18)21(29)26-22-19-17(13-34-22)20(24(31)33-4-2)27-28(23(19)30)15-11-9-14(25)10-12-15/h5-13H,3-4H2,1-2H3,(H,26,29). The second-order valence-electron chi connectivity index (χ2n) is 7.00. The van der Waals surface area contributed by atoms with E-state index >= 15 is 0 Å². The fourth-order valence-electron chi connectivity index (χ4n) is 3.36. The molecule has 0 aliphatic rings. The summed E-state index contributed by atoms with van der Waals surface area (Å²) in [5, 5.41) is 9.89. The predicted octanol–water partition coefficient (Wildman–Crippen LogP) is 4.93. The normalized spacial score (nSPS) is 10.8. The first-order valence-corrected chi connectivity index (χ1v) is 11.7. The van der Waals surface area contributed by atoms with Gasteiger partial charge in [-0.2, -0.15) is 9.78 Å². The molecule has 10 heteroatoms. The molecule has 2 aromatic carbocycles. The van der Waals surface area contributed by atoms with Crippen LogP contribution in [0.2, 0.25) is 5.02 Å². The number of carbonyl (C=O) groups is 2. The second-order valence-corrected chi connectivity index (χ2v) is 8.32. The van der Waals surface area contributed by atoms with Crippen LogP contribution in [0.4, 0.5) is 5.00 Å². The molecule has 0 saturated heterocycles. The number of halogens is 1. The van der Waals surface area contributed by atoms with Crippen LogP contribution in [0.15, 0.2) is 58.7 Å². The van der Waals surface area contributed by atoms with E-state index in [9.17, 15) is 14.4 Å². The van der Waals surface area contributed by atoms with Gasteiger partial charge in [0.25, 0.3) is 11.5 Å². The van der Waals surface area contributed by atoms with Crippen molar-refractivity contribution >= 4 is 50.6 Å². The molecule has 0 radical (unpaired) electrons. The van der Waals surface area contributed by atoms with Crippen LogP contribution in [0, 0.1) is 0 Å². The van der Waals surface area contributed by atoms with Gasteiger partial charge in [0, 0.05) is 15.8 Å². The van der Waals surface area contributed by atoms with Crippen molar-refractivity contribution in [2.75, 3.05) is 18.5 Å². The number of nitrogens with one attached hydrogen (secondary N) is 1. The quantitative estimate of drug-likeness (QED) is 0.363. The Morgan fingerprint density at radius 3 is 2.53 bits per heavy atom. The highest BCUT2D eigenvalue weighted by Crippen LogP contribution is 2.32.